The van der Waals surface area contributed by atoms with Crippen molar-refractivity contribution in [3.05, 3.63) is 15.6 Å². The Bertz CT molecular complexity index is 400. The molecule has 108 valence electrons. The Morgan fingerprint density at radius 2 is 1.74 bits per heavy atom. The van der Waals surface area contributed by atoms with Crippen molar-refractivity contribution in [2.45, 2.75) is 65.0 Å². The molecule has 1 aromatic rings. The van der Waals surface area contributed by atoms with Gasteiger partial charge in [0.1, 0.15) is 5.01 Å². The van der Waals surface area contributed by atoms with Gasteiger partial charge in [-0.2, -0.15) is 0 Å². The molecule has 1 aliphatic heterocycles. The van der Waals surface area contributed by atoms with E-state index in [-0.39, 0.29) is 11.0 Å². The van der Waals surface area contributed by atoms with Crippen LogP contribution < -0.4 is 5.73 Å². The van der Waals surface area contributed by atoms with Crippen molar-refractivity contribution in [2.24, 2.45) is 5.73 Å². The summed E-state index contributed by atoms with van der Waals surface area (Å²) in [5.74, 6) is 0. The van der Waals surface area contributed by atoms with Gasteiger partial charge < -0.3 is 5.73 Å². The number of nitrogens with two attached hydrogens (primary N) is 1. The van der Waals surface area contributed by atoms with Gasteiger partial charge in [-0.05, 0) is 39.8 Å². The second-order valence-electron chi connectivity index (χ2n) is 7.24. The van der Waals surface area contributed by atoms with Crippen LogP contribution in [-0.4, -0.2) is 23.0 Å². The smallest absolute Gasteiger partial charge is 0.107 e. The lowest BCUT2D eigenvalue weighted by Gasteiger charge is -2.24. The third-order valence-electron chi connectivity index (χ3n) is 3.52. The molecule has 4 heteroatoms. The number of thiazole rings is 1. The lowest BCUT2D eigenvalue weighted by Crippen LogP contribution is -2.31. The van der Waals surface area contributed by atoms with Gasteiger partial charge in [0, 0.05) is 15.8 Å². The molecule has 0 amide bonds. The zero-order chi connectivity index (χ0) is 14.3. The molecule has 2 N–H and O–H groups in total. The first-order valence-corrected chi connectivity index (χ1v) is 8.01. The highest BCUT2D eigenvalue weighted by molar-refractivity contribution is 7.11. The van der Waals surface area contributed by atoms with E-state index in [0.717, 1.165) is 6.54 Å². The molecule has 0 spiro atoms. The zero-order valence-electron chi connectivity index (χ0n) is 12.9. The fraction of sp³-hybridized carbons (Fsp3) is 0.800. The molecule has 0 radical (unpaired) electrons. The van der Waals surface area contributed by atoms with E-state index in [2.05, 4.69) is 39.5 Å². The quantitative estimate of drug-likeness (QED) is 0.925. The molecule has 1 aromatic heterocycles. The minimum atomic E-state index is -0.302. The second kappa shape index (κ2) is 5.15. The van der Waals surface area contributed by atoms with Crippen LogP contribution in [0.1, 0.15) is 63.0 Å². The van der Waals surface area contributed by atoms with Gasteiger partial charge in [-0.3, -0.25) is 4.90 Å². The summed E-state index contributed by atoms with van der Waals surface area (Å²) in [7, 11) is 0. The summed E-state index contributed by atoms with van der Waals surface area (Å²) in [6.07, 6.45) is 2.65. The lowest BCUT2D eigenvalue weighted by atomic mass is 9.87. The number of aromatic nitrogens is 1. The van der Waals surface area contributed by atoms with E-state index in [1.165, 1.54) is 41.5 Å². The average molecular weight is 281 g/mol. The van der Waals surface area contributed by atoms with E-state index >= 15 is 0 Å². The Morgan fingerprint density at radius 1 is 1.16 bits per heavy atom. The van der Waals surface area contributed by atoms with Crippen molar-refractivity contribution >= 4 is 11.3 Å². The molecule has 19 heavy (non-hydrogen) atoms. The maximum Gasteiger partial charge on any atom is 0.107 e. The van der Waals surface area contributed by atoms with E-state index in [0.29, 0.717) is 0 Å². The van der Waals surface area contributed by atoms with Crippen molar-refractivity contribution in [2.75, 3.05) is 13.1 Å². The predicted molar refractivity (Wildman–Crippen MR) is 82.5 cm³/mol. The highest BCUT2D eigenvalue weighted by Crippen LogP contribution is 2.36. The van der Waals surface area contributed by atoms with E-state index in [4.69, 9.17) is 10.7 Å². The largest absolute Gasteiger partial charge is 0.321 e. The van der Waals surface area contributed by atoms with E-state index < -0.39 is 0 Å². The third kappa shape index (κ3) is 3.56. The van der Waals surface area contributed by atoms with Gasteiger partial charge >= 0.3 is 0 Å². The van der Waals surface area contributed by atoms with Gasteiger partial charge in [0.2, 0.25) is 0 Å². The van der Waals surface area contributed by atoms with Crippen LogP contribution in [0.5, 0.6) is 0 Å². The summed E-state index contributed by atoms with van der Waals surface area (Å²) >= 11 is 1.80. The molecule has 1 aliphatic rings. The molecule has 0 saturated carbocycles. The van der Waals surface area contributed by atoms with Crippen molar-refractivity contribution in [1.82, 2.24) is 9.88 Å². The monoisotopic (exact) mass is 281 g/mol. The molecule has 0 unspecified atom stereocenters. The van der Waals surface area contributed by atoms with Crippen molar-refractivity contribution < 1.29 is 0 Å². The van der Waals surface area contributed by atoms with Gasteiger partial charge in [0.25, 0.3) is 0 Å². The Labute approximate surface area is 121 Å². The molecule has 2 heterocycles. The minimum Gasteiger partial charge on any atom is -0.321 e. The van der Waals surface area contributed by atoms with Crippen LogP contribution >= 0.6 is 11.3 Å². The molecular formula is C15H27N3S. The predicted octanol–water partition coefficient (Wildman–Crippen LogP) is 3.23. The summed E-state index contributed by atoms with van der Waals surface area (Å²) in [4.78, 5) is 8.65. The minimum absolute atomic E-state index is 0.0612. The number of rotatable bonds is 3. The van der Waals surface area contributed by atoms with Gasteiger partial charge in [-0.25, -0.2) is 4.98 Å². The van der Waals surface area contributed by atoms with Gasteiger partial charge in [-0.15, -0.1) is 11.3 Å². The first-order valence-electron chi connectivity index (χ1n) is 7.20. The molecule has 0 bridgehead atoms. The highest BCUT2D eigenvalue weighted by atomic mass is 32.1. The van der Waals surface area contributed by atoms with Crippen LogP contribution in [0.15, 0.2) is 0 Å². The van der Waals surface area contributed by atoms with Crippen LogP contribution in [0.2, 0.25) is 0 Å². The van der Waals surface area contributed by atoms with Crippen LogP contribution in [0.4, 0.5) is 0 Å². The van der Waals surface area contributed by atoms with Crippen molar-refractivity contribution in [1.29, 1.82) is 0 Å². The first-order chi connectivity index (χ1) is 8.68. The summed E-state index contributed by atoms with van der Waals surface area (Å²) in [5, 5.41) is 1.22. The molecule has 1 saturated heterocycles. The van der Waals surface area contributed by atoms with Crippen LogP contribution in [0, 0.1) is 0 Å². The fourth-order valence-electron chi connectivity index (χ4n) is 2.51. The highest BCUT2D eigenvalue weighted by Gasteiger charge is 2.30. The van der Waals surface area contributed by atoms with Gasteiger partial charge in [-0.1, -0.05) is 20.8 Å². The average Bonchev–Trinajstić information content (AvgIpc) is 2.84. The zero-order valence-corrected chi connectivity index (χ0v) is 13.7. The Balaban J connectivity index is 2.29. The molecular weight excluding hydrogens is 254 g/mol. The van der Waals surface area contributed by atoms with Crippen molar-refractivity contribution in [3.63, 3.8) is 0 Å². The molecule has 0 atom stereocenters. The topological polar surface area (TPSA) is 42.2 Å². The standard InChI is InChI=1S/C15H27N3S/c1-14(2,3)12-13(15(4,5)16)19-11(17-12)10-18-8-6-7-9-18/h6-10,16H2,1-5H3. The Hall–Kier alpha value is -0.450. The van der Waals surface area contributed by atoms with E-state index in [1.54, 1.807) is 11.3 Å². The fourth-order valence-corrected chi connectivity index (χ4v) is 3.84. The molecule has 0 aromatic carbocycles. The number of hydrogen-bond acceptors (Lipinski definition) is 4. The van der Waals surface area contributed by atoms with Gasteiger partial charge in [0.05, 0.1) is 12.2 Å². The summed E-state index contributed by atoms with van der Waals surface area (Å²) in [6, 6.07) is 0. The maximum absolute atomic E-state index is 6.33. The first kappa shape index (κ1) is 14.9. The summed E-state index contributed by atoms with van der Waals surface area (Å²) < 4.78 is 0. The van der Waals surface area contributed by atoms with Gasteiger partial charge in [0.15, 0.2) is 0 Å². The normalized spacial score (nSPS) is 18.2. The molecule has 2 rings (SSSR count). The summed E-state index contributed by atoms with van der Waals surface area (Å²) in [6.45, 7) is 14.2. The third-order valence-corrected chi connectivity index (χ3v) is 4.90. The Morgan fingerprint density at radius 3 is 2.16 bits per heavy atom. The van der Waals surface area contributed by atoms with Crippen LogP contribution in [0.3, 0.4) is 0 Å². The maximum atomic E-state index is 6.33. The van der Waals surface area contributed by atoms with Crippen LogP contribution in [0.25, 0.3) is 0 Å². The SMILES string of the molecule is CC(C)(C)c1nc(CN2CCCC2)sc1C(C)(C)N. The Kier molecular flexibility index (Phi) is 4.05. The molecule has 0 aliphatic carbocycles. The van der Waals surface area contributed by atoms with E-state index in [1.807, 2.05) is 0 Å². The van der Waals surface area contributed by atoms with Crippen molar-refractivity contribution in [3.8, 4) is 0 Å². The molecule has 3 nitrogen and oxygen atoms in total. The second-order valence-corrected chi connectivity index (χ2v) is 8.32. The van der Waals surface area contributed by atoms with Crippen LogP contribution in [-0.2, 0) is 17.5 Å². The summed E-state index contributed by atoms with van der Waals surface area (Å²) in [5.41, 5.74) is 7.27. The number of hydrogen-bond donors (Lipinski definition) is 1. The number of likely N-dealkylation sites (tertiary alicyclic amines) is 1. The molecule has 1 fully saturated rings. The van der Waals surface area contributed by atoms with E-state index in [9.17, 15) is 0 Å². The number of nitrogens with zero attached hydrogens (tertiary/aromatic N) is 2. The lowest BCUT2D eigenvalue weighted by molar-refractivity contribution is 0.330.